The Morgan fingerprint density at radius 3 is 2.45 bits per heavy atom. The minimum Gasteiger partial charge on any atom is -0.368 e. The maximum atomic E-state index is 12.8. The van der Waals surface area contributed by atoms with Gasteiger partial charge in [0.1, 0.15) is 0 Å². The zero-order valence-electron chi connectivity index (χ0n) is 18.3. The van der Waals surface area contributed by atoms with Crippen molar-refractivity contribution in [3.63, 3.8) is 0 Å². The standard InChI is InChI=1S/C22H29ClN6O2/c1-16(2)14-29-20-19(21(30)25(3)22(29)31)28(15-24-20)13-10-26-8-11-27(12-9-26)18-7-5-4-6-17(18)23/h4-7,15-16H,8-14H2,1-3H3. The Kier molecular flexibility index (Phi) is 6.20. The first-order valence-electron chi connectivity index (χ1n) is 10.7. The average molecular weight is 445 g/mol. The lowest BCUT2D eigenvalue weighted by Gasteiger charge is -2.36. The summed E-state index contributed by atoms with van der Waals surface area (Å²) in [5.41, 5.74) is 1.45. The van der Waals surface area contributed by atoms with Crippen LogP contribution in [-0.4, -0.2) is 56.3 Å². The molecule has 3 aromatic rings. The maximum Gasteiger partial charge on any atom is 0.332 e. The van der Waals surface area contributed by atoms with Gasteiger partial charge in [0.15, 0.2) is 11.2 Å². The number of hydrogen-bond donors (Lipinski definition) is 0. The summed E-state index contributed by atoms with van der Waals surface area (Å²) in [7, 11) is 1.53. The number of fused-ring (bicyclic) bond motifs is 1. The van der Waals surface area contributed by atoms with E-state index in [9.17, 15) is 9.59 Å². The summed E-state index contributed by atoms with van der Waals surface area (Å²) in [6.07, 6.45) is 1.68. The highest BCUT2D eigenvalue weighted by atomic mass is 35.5. The molecule has 1 fully saturated rings. The van der Waals surface area contributed by atoms with Gasteiger partial charge in [-0.05, 0) is 18.1 Å². The first-order valence-corrected chi connectivity index (χ1v) is 11.1. The summed E-state index contributed by atoms with van der Waals surface area (Å²) >= 11 is 6.34. The summed E-state index contributed by atoms with van der Waals surface area (Å²) in [6, 6.07) is 7.94. The summed E-state index contributed by atoms with van der Waals surface area (Å²) in [5.74, 6) is 0.276. The number of piperazine rings is 1. The van der Waals surface area contributed by atoms with E-state index < -0.39 is 0 Å². The number of rotatable bonds is 6. The van der Waals surface area contributed by atoms with Crippen LogP contribution in [0.4, 0.5) is 5.69 Å². The van der Waals surface area contributed by atoms with Crippen LogP contribution in [0.3, 0.4) is 0 Å². The predicted octanol–water partition coefficient (Wildman–Crippen LogP) is 2.03. The lowest BCUT2D eigenvalue weighted by atomic mass is 10.2. The molecule has 0 unspecified atom stereocenters. The molecule has 0 spiro atoms. The largest absolute Gasteiger partial charge is 0.368 e. The van der Waals surface area contributed by atoms with E-state index in [-0.39, 0.29) is 17.2 Å². The topological polar surface area (TPSA) is 68.3 Å². The minimum atomic E-state index is -0.313. The average Bonchev–Trinajstić information content (AvgIpc) is 3.18. The van der Waals surface area contributed by atoms with Crippen LogP contribution in [0.5, 0.6) is 0 Å². The van der Waals surface area contributed by atoms with Gasteiger partial charge in [-0.15, -0.1) is 0 Å². The quantitative estimate of drug-likeness (QED) is 0.582. The van der Waals surface area contributed by atoms with Gasteiger partial charge in [-0.1, -0.05) is 37.6 Å². The van der Waals surface area contributed by atoms with Crippen LogP contribution in [0.25, 0.3) is 11.2 Å². The van der Waals surface area contributed by atoms with Gasteiger partial charge in [0.2, 0.25) is 0 Å². The molecule has 31 heavy (non-hydrogen) atoms. The number of benzene rings is 1. The van der Waals surface area contributed by atoms with Gasteiger partial charge in [-0.3, -0.25) is 18.8 Å². The minimum absolute atomic E-state index is 0.276. The van der Waals surface area contributed by atoms with Crippen LogP contribution in [-0.2, 0) is 20.1 Å². The summed E-state index contributed by atoms with van der Waals surface area (Å²) in [6.45, 7) is 9.75. The van der Waals surface area contributed by atoms with Gasteiger partial charge < -0.3 is 9.47 Å². The van der Waals surface area contributed by atoms with Crippen LogP contribution < -0.4 is 16.1 Å². The molecule has 1 aromatic carbocycles. The number of para-hydroxylation sites is 1. The van der Waals surface area contributed by atoms with Crippen molar-refractivity contribution in [3.05, 3.63) is 56.5 Å². The van der Waals surface area contributed by atoms with Crippen molar-refractivity contribution >= 4 is 28.5 Å². The molecule has 0 amide bonds. The van der Waals surface area contributed by atoms with Crippen LogP contribution in [0.1, 0.15) is 13.8 Å². The number of nitrogens with zero attached hydrogens (tertiary/aromatic N) is 6. The zero-order chi connectivity index (χ0) is 22.1. The summed E-state index contributed by atoms with van der Waals surface area (Å²) < 4.78 is 4.68. The summed E-state index contributed by atoms with van der Waals surface area (Å²) in [4.78, 5) is 34.5. The van der Waals surface area contributed by atoms with E-state index in [0.29, 0.717) is 24.3 Å². The van der Waals surface area contributed by atoms with Gasteiger partial charge in [0, 0.05) is 52.9 Å². The summed E-state index contributed by atoms with van der Waals surface area (Å²) in [5, 5.41) is 0.782. The lowest BCUT2D eigenvalue weighted by molar-refractivity contribution is 0.249. The predicted molar refractivity (Wildman–Crippen MR) is 124 cm³/mol. The molecule has 0 bridgehead atoms. The fraction of sp³-hybridized carbons (Fsp3) is 0.500. The molecule has 1 aliphatic heterocycles. The van der Waals surface area contributed by atoms with Crippen LogP contribution in [0.15, 0.2) is 40.2 Å². The van der Waals surface area contributed by atoms with E-state index in [1.807, 2.05) is 36.6 Å². The normalized spacial score (nSPS) is 15.3. The lowest BCUT2D eigenvalue weighted by Crippen LogP contribution is -2.47. The van der Waals surface area contributed by atoms with Crippen molar-refractivity contribution in [2.75, 3.05) is 37.6 Å². The Hall–Kier alpha value is -2.58. The molecular weight excluding hydrogens is 416 g/mol. The van der Waals surface area contributed by atoms with Gasteiger partial charge in [0.25, 0.3) is 5.56 Å². The number of imidazole rings is 1. The molecular formula is C22H29ClN6O2. The van der Waals surface area contributed by atoms with Crippen molar-refractivity contribution < 1.29 is 0 Å². The third-order valence-electron chi connectivity index (χ3n) is 5.87. The van der Waals surface area contributed by atoms with E-state index >= 15 is 0 Å². The Morgan fingerprint density at radius 1 is 1.06 bits per heavy atom. The second kappa shape index (κ2) is 8.88. The third kappa shape index (κ3) is 4.27. The van der Waals surface area contributed by atoms with E-state index in [1.54, 1.807) is 10.9 Å². The molecule has 0 N–H and O–H groups in total. The molecule has 9 heteroatoms. The molecule has 0 aliphatic carbocycles. The monoisotopic (exact) mass is 444 g/mol. The highest BCUT2D eigenvalue weighted by molar-refractivity contribution is 6.33. The zero-order valence-corrected chi connectivity index (χ0v) is 19.0. The van der Waals surface area contributed by atoms with Crippen molar-refractivity contribution in [1.82, 2.24) is 23.6 Å². The number of aromatic nitrogens is 4. The van der Waals surface area contributed by atoms with Crippen LogP contribution >= 0.6 is 11.6 Å². The van der Waals surface area contributed by atoms with Gasteiger partial charge >= 0.3 is 5.69 Å². The molecule has 1 saturated heterocycles. The van der Waals surface area contributed by atoms with E-state index in [4.69, 9.17) is 11.6 Å². The third-order valence-corrected chi connectivity index (χ3v) is 6.19. The Balaban J connectivity index is 1.48. The Morgan fingerprint density at radius 2 is 1.77 bits per heavy atom. The van der Waals surface area contributed by atoms with Crippen molar-refractivity contribution in [2.24, 2.45) is 13.0 Å². The second-order valence-corrected chi connectivity index (χ2v) is 8.95. The van der Waals surface area contributed by atoms with Gasteiger partial charge in [-0.2, -0.15) is 0 Å². The Labute approximate surface area is 186 Å². The number of anilines is 1. The van der Waals surface area contributed by atoms with E-state index in [0.717, 1.165) is 43.4 Å². The molecule has 2 aromatic heterocycles. The second-order valence-electron chi connectivity index (χ2n) is 8.54. The fourth-order valence-corrected chi connectivity index (χ4v) is 4.43. The number of halogens is 1. The maximum absolute atomic E-state index is 12.8. The van der Waals surface area contributed by atoms with Crippen LogP contribution in [0.2, 0.25) is 5.02 Å². The van der Waals surface area contributed by atoms with Gasteiger partial charge in [-0.25, -0.2) is 9.78 Å². The van der Waals surface area contributed by atoms with Crippen molar-refractivity contribution in [3.8, 4) is 0 Å². The van der Waals surface area contributed by atoms with Crippen LogP contribution in [0, 0.1) is 5.92 Å². The van der Waals surface area contributed by atoms with Crippen molar-refractivity contribution in [1.29, 1.82) is 0 Å². The molecule has 0 saturated carbocycles. The molecule has 4 rings (SSSR count). The molecule has 8 nitrogen and oxygen atoms in total. The van der Waals surface area contributed by atoms with Crippen molar-refractivity contribution in [2.45, 2.75) is 26.9 Å². The highest BCUT2D eigenvalue weighted by Crippen LogP contribution is 2.26. The van der Waals surface area contributed by atoms with E-state index in [2.05, 4.69) is 20.9 Å². The molecule has 0 radical (unpaired) electrons. The highest BCUT2D eigenvalue weighted by Gasteiger charge is 2.20. The SMILES string of the molecule is CC(C)Cn1c(=O)n(C)c(=O)c2c1ncn2CCN1CCN(c2ccccc2Cl)CC1. The smallest absolute Gasteiger partial charge is 0.332 e. The molecule has 1 aliphatic rings. The van der Waals surface area contributed by atoms with E-state index in [1.165, 1.54) is 11.6 Å². The Bertz CT molecular complexity index is 1190. The fourth-order valence-electron chi connectivity index (χ4n) is 4.17. The first kappa shape index (κ1) is 21.6. The number of hydrogen-bond acceptors (Lipinski definition) is 5. The molecule has 166 valence electrons. The first-order chi connectivity index (χ1) is 14.9. The molecule has 3 heterocycles. The molecule has 0 atom stereocenters. The van der Waals surface area contributed by atoms with Gasteiger partial charge in [0.05, 0.1) is 17.0 Å².